The Morgan fingerprint density at radius 3 is 2.57 bits per heavy atom. The van der Waals surface area contributed by atoms with Gasteiger partial charge >= 0.3 is 0 Å². The first-order chi connectivity index (χ1) is 11.0. The Morgan fingerprint density at radius 1 is 1.13 bits per heavy atom. The molecule has 0 saturated heterocycles. The van der Waals surface area contributed by atoms with Crippen LogP contribution in [-0.2, 0) is 4.79 Å². The fraction of sp³-hybridized carbons (Fsp3) is 0.222. The standard InChI is InChI=1S/C18H16Cl2N2O/c1-11(2)22-17-9-12(19)7-8-15(17)21-16(10-18(22)23)13-5-3-4-6-14(13)20/h3-9,11H,10H2,1-2H3. The van der Waals surface area contributed by atoms with E-state index < -0.39 is 0 Å². The quantitative estimate of drug-likeness (QED) is 0.729. The minimum Gasteiger partial charge on any atom is -0.307 e. The molecule has 2 aromatic rings. The molecule has 0 atom stereocenters. The summed E-state index contributed by atoms with van der Waals surface area (Å²) in [6.07, 6.45) is 0.203. The van der Waals surface area contributed by atoms with Gasteiger partial charge in [0.25, 0.3) is 0 Å². The van der Waals surface area contributed by atoms with E-state index in [0.717, 1.165) is 16.9 Å². The normalized spacial score (nSPS) is 14.6. The van der Waals surface area contributed by atoms with Crippen LogP contribution >= 0.6 is 23.2 Å². The van der Waals surface area contributed by atoms with Crippen molar-refractivity contribution >= 4 is 46.2 Å². The lowest BCUT2D eigenvalue weighted by atomic mass is 10.1. The lowest BCUT2D eigenvalue weighted by molar-refractivity contribution is -0.117. The Morgan fingerprint density at radius 2 is 1.87 bits per heavy atom. The van der Waals surface area contributed by atoms with Gasteiger partial charge in [-0.3, -0.25) is 9.79 Å². The minimum atomic E-state index is -0.0142. The molecule has 1 aliphatic heterocycles. The van der Waals surface area contributed by atoms with Crippen molar-refractivity contribution in [1.82, 2.24) is 0 Å². The van der Waals surface area contributed by atoms with Crippen molar-refractivity contribution in [2.75, 3.05) is 4.90 Å². The number of benzene rings is 2. The fourth-order valence-electron chi connectivity index (χ4n) is 2.75. The number of hydrogen-bond acceptors (Lipinski definition) is 2. The average Bonchev–Trinajstić information content (AvgIpc) is 2.63. The summed E-state index contributed by atoms with van der Waals surface area (Å²) in [7, 11) is 0. The molecule has 1 amide bonds. The SMILES string of the molecule is CC(C)N1C(=O)CC(c2ccccc2Cl)=Nc2ccc(Cl)cc21. The summed E-state index contributed by atoms with van der Waals surface area (Å²) in [5, 5.41) is 1.17. The lowest BCUT2D eigenvalue weighted by Crippen LogP contribution is -2.37. The van der Waals surface area contributed by atoms with Crippen molar-refractivity contribution in [3.05, 3.63) is 58.1 Å². The summed E-state index contributed by atoms with van der Waals surface area (Å²) in [5.41, 5.74) is 2.92. The van der Waals surface area contributed by atoms with E-state index in [0.29, 0.717) is 15.8 Å². The maximum absolute atomic E-state index is 12.8. The predicted octanol–water partition coefficient (Wildman–Crippen LogP) is 5.26. The highest BCUT2D eigenvalue weighted by Gasteiger charge is 2.27. The zero-order valence-electron chi connectivity index (χ0n) is 12.9. The number of halogens is 2. The molecule has 0 aromatic heterocycles. The molecule has 1 heterocycles. The van der Waals surface area contributed by atoms with Crippen molar-refractivity contribution in [3.63, 3.8) is 0 Å². The Balaban J connectivity index is 2.19. The van der Waals surface area contributed by atoms with Gasteiger partial charge < -0.3 is 4.90 Å². The molecular weight excluding hydrogens is 331 g/mol. The first kappa shape index (κ1) is 16.0. The van der Waals surface area contributed by atoms with Gasteiger partial charge in [0, 0.05) is 21.7 Å². The topological polar surface area (TPSA) is 32.7 Å². The molecule has 23 heavy (non-hydrogen) atoms. The van der Waals surface area contributed by atoms with Crippen LogP contribution in [0.15, 0.2) is 47.5 Å². The third-order valence-electron chi connectivity index (χ3n) is 3.74. The number of fused-ring (bicyclic) bond motifs is 1. The highest BCUT2D eigenvalue weighted by atomic mass is 35.5. The smallest absolute Gasteiger partial charge is 0.233 e. The van der Waals surface area contributed by atoms with Crippen molar-refractivity contribution in [2.24, 2.45) is 4.99 Å². The summed E-state index contributed by atoms with van der Waals surface area (Å²) in [6.45, 7) is 3.95. The number of carbonyl (C=O) groups excluding carboxylic acids is 1. The number of hydrogen-bond donors (Lipinski definition) is 0. The van der Waals surface area contributed by atoms with Crippen molar-refractivity contribution < 1.29 is 4.79 Å². The zero-order valence-corrected chi connectivity index (χ0v) is 14.4. The van der Waals surface area contributed by atoms with Gasteiger partial charge in [-0.1, -0.05) is 41.4 Å². The van der Waals surface area contributed by atoms with E-state index in [1.165, 1.54) is 0 Å². The van der Waals surface area contributed by atoms with Gasteiger partial charge in [-0.2, -0.15) is 0 Å². The molecule has 2 aromatic carbocycles. The Bertz CT molecular complexity index is 799. The number of nitrogens with zero attached hydrogens (tertiary/aromatic N) is 2. The highest BCUT2D eigenvalue weighted by molar-refractivity contribution is 6.35. The average molecular weight is 347 g/mol. The number of carbonyl (C=O) groups is 1. The largest absolute Gasteiger partial charge is 0.307 e. The van der Waals surface area contributed by atoms with Crippen LogP contribution in [0.3, 0.4) is 0 Å². The van der Waals surface area contributed by atoms with Gasteiger partial charge in [0.1, 0.15) is 0 Å². The van der Waals surface area contributed by atoms with E-state index in [1.54, 1.807) is 23.1 Å². The van der Waals surface area contributed by atoms with Crippen LogP contribution in [0, 0.1) is 0 Å². The Hall–Kier alpha value is -1.84. The molecule has 0 fully saturated rings. The van der Waals surface area contributed by atoms with Crippen LogP contribution in [0.25, 0.3) is 0 Å². The highest BCUT2D eigenvalue weighted by Crippen LogP contribution is 2.37. The molecule has 0 saturated carbocycles. The number of rotatable bonds is 2. The summed E-state index contributed by atoms with van der Waals surface area (Å²) < 4.78 is 0. The van der Waals surface area contributed by atoms with E-state index in [-0.39, 0.29) is 18.4 Å². The van der Waals surface area contributed by atoms with E-state index in [1.807, 2.05) is 38.1 Å². The van der Waals surface area contributed by atoms with Crippen molar-refractivity contribution in [2.45, 2.75) is 26.3 Å². The minimum absolute atomic E-state index is 0.0142. The van der Waals surface area contributed by atoms with Gasteiger partial charge in [0.15, 0.2) is 0 Å². The number of anilines is 1. The molecule has 5 heteroatoms. The Labute approximate surface area is 145 Å². The molecule has 0 N–H and O–H groups in total. The van der Waals surface area contributed by atoms with Crippen molar-refractivity contribution in [3.8, 4) is 0 Å². The van der Waals surface area contributed by atoms with E-state index in [9.17, 15) is 4.79 Å². The maximum atomic E-state index is 12.8. The van der Waals surface area contributed by atoms with Crippen LogP contribution in [0.1, 0.15) is 25.8 Å². The number of aliphatic imine (C=N–C) groups is 1. The molecule has 0 unspecified atom stereocenters. The lowest BCUT2D eigenvalue weighted by Gasteiger charge is -2.26. The van der Waals surface area contributed by atoms with E-state index in [2.05, 4.69) is 0 Å². The fourth-order valence-corrected chi connectivity index (χ4v) is 3.16. The summed E-state index contributed by atoms with van der Waals surface area (Å²) in [6, 6.07) is 12.9. The predicted molar refractivity (Wildman–Crippen MR) is 96.3 cm³/mol. The first-order valence-electron chi connectivity index (χ1n) is 7.41. The van der Waals surface area contributed by atoms with Gasteiger partial charge in [-0.05, 0) is 38.1 Å². The molecule has 1 aliphatic rings. The Kier molecular flexibility index (Phi) is 4.42. The van der Waals surface area contributed by atoms with Crippen LogP contribution < -0.4 is 4.90 Å². The molecule has 3 rings (SSSR count). The molecule has 0 spiro atoms. The molecular formula is C18H16Cl2N2O. The second kappa shape index (κ2) is 6.34. The molecule has 3 nitrogen and oxygen atoms in total. The first-order valence-corrected chi connectivity index (χ1v) is 8.17. The zero-order chi connectivity index (χ0) is 16.6. The van der Waals surface area contributed by atoms with Crippen LogP contribution in [-0.4, -0.2) is 17.7 Å². The third kappa shape index (κ3) is 3.12. The van der Waals surface area contributed by atoms with Gasteiger partial charge in [-0.25, -0.2) is 0 Å². The molecule has 0 bridgehead atoms. The molecule has 0 aliphatic carbocycles. The van der Waals surface area contributed by atoms with Crippen molar-refractivity contribution in [1.29, 1.82) is 0 Å². The van der Waals surface area contributed by atoms with Crippen LogP contribution in [0.4, 0.5) is 11.4 Å². The van der Waals surface area contributed by atoms with Gasteiger partial charge in [0.05, 0.1) is 23.5 Å². The summed E-state index contributed by atoms with van der Waals surface area (Å²) in [4.78, 5) is 19.2. The third-order valence-corrected chi connectivity index (χ3v) is 4.31. The van der Waals surface area contributed by atoms with Gasteiger partial charge in [0.2, 0.25) is 5.91 Å². The summed E-state index contributed by atoms with van der Waals surface area (Å²) in [5.74, 6) is -0.0142. The van der Waals surface area contributed by atoms with E-state index >= 15 is 0 Å². The molecule has 118 valence electrons. The van der Waals surface area contributed by atoms with Crippen LogP contribution in [0.5, 0.6) is 0 Å². The van der Waals surface area contributed by atoms with Gasteiger partial charge in [-0.15, -0.1) is 0 Å². The summed E-state index contributed by atoms with van der Waals surface area (Å²) >= 11 is 12.4. The van der Waals surface area contributed by atoms with E-state index in [4.69, 9.17) is 28.2 Å². The monoisotopic (exact) mass is 346 g/mol. The maximum Gasteiger partial charge on any atom is 0.233 e. The molecule has 0 radical (unpaired) electrons. The number of amides is 1. The van der Waals surface area contributed by atoms with Crippen LogP contribution in [0.2, 0.25) is 10.0 Å². The second-order valence-electron chi connectivity index (χ2n) is 5.71. The second-order valence-corrected chi connectivity index (χ2v) is 6.55.